The SMILES string of the molecule is O=C(CC1COc2ccccc2O1)N1CCS(=O)(=O)CC1C1CCC1. The van der Waals surface area contributed by atoms with Crippen LogP contribution in [0.2, 0.25) is 0 Å². The number of carbonyl (C=O) groups is 1. The first kappa shape index (κ1) is 16.7. The maximum Gasteiger partial charge on any atom is 0.226 e. The van der Waals surface area contributed by atoms with Crippen molar-refractivity contribution in [1.82, 2.24) is 4.90 Å². The van der Waals surface area contributed by atoms with E-state index in [1.54, 1.807) is 4.90 Å². The minimum Gasteiger partial charge on any atom is -0.486 e. The predicted octanol–water partition coefficient (Wildman–Crippen LogP) is 1.64. The minimum atomic E-state index is -3.04. The van der Waals surface area contributed by atoms with Crippen molar-refractivity contribution >= 4 is 15.7 Å². The molecule has 2 fully saturated rings. The second-order valence-corrected chi connectivity index (χ2v) is 9.39. The fourth-order valence-corrected chi connectivity index (χ4v) is 5.45. The van der Waals surface area contributed by atoms with Crippen LogP contribution in [0.4, 0.5) is 0 Å². The Kier molecular flexibility index (Phi) is 4.35. The summed E-state index contributed by atoms with van der Waals surface area (Å²) in [6.07, 6.45) is 3.04. The topological polar surface area (TPSA) is 72.9 Å². The lowest BCUT2D eigenvalue weighted by Crippen LogP contribution is -2.56. The van der Waals surface area contributed by atoms with Gasteiger partial charge in [0.05, 0.1) is 17.9 Å². The number of hydrogen-bond acceptors (Lipinski definition) is 5. The van der Waals surface area contributed by atoms with Crippen LogP contribution in [0.3, 0.4) is 0 Å². The number of sulfone groups is 1. The van der Waals surface area contributed by atoms with E-state index in [1.165, 1.54) is 0 Å². The second kappa shape index (κ2) is 6.52. The quantitative estimate of drug-likeness (QED) is 0.814. The van der Waals surface area contributed by atoms with Crippen molar-refractivity contribution in [3.8, 4) is 11.5 Å². The zero-order valence-electron chi connectivity index (χ0n) is 14.1. The molecule has 3 aliphatic rings. The molecule has 2 unspecified atom stereocenters. The number of carbonyl (C=O) groups excluding carboxylic acids is 1. The van der Waals surface area contributed by atoms with Crippen molar-refractivity contribution in [1.29, 1.82) is 0 Å². The van der Waals surface area contributed by atoms with E-state index in [9.17, 15) is 13.2 Å². The Labute approximate surface area is 148 Å². The van der Waals surface area contributed by atoms with Crippen molar-refractivity contribution in [3.63, 3.8) is 0 Å². The van der Waals surface area contributed by atoms with Crippen LogP contribution in [0, 0.1) is 5.92 Å². The lowest BCUT2D eigenvalue weighted by molar-refractivity contribution is -0.137. The van der Waals surface area contributed by atoms with E-state index in [0.717, 1.165) is 19.3 Å². The molecule has 2 aliphatic heterocycles. The average molecular weight is 365 g/mol. The summed E-state index contributed by atoms with van der Waals surface area (Å²) in [7, 11) is -3.04. The first-order valence-corrected chi connectivity index (χ1v) is 10.7. The van der Waals surface area contributed by atoms with Gasteiger partial charge in [0, 0.05) is 12.6 Å². The predicted molar refractivity (Wildman–Crippen MR) is 92.5 cm³/mol. The minimum absolute atomic E-state index is 0.0280. The summed E-state index contributed by atoms with van der Waals surface area (Å²) in [6.45, 7) is 0.634. The third-order valence-electron chi connectivity index (χ3n) is 5.45. The van der Waals surface area contributed by atoms with Crippen molar-refractivity contribution in [3.05, 3.63) is 24.3 Å². The molecule has 1 aliphatic carbocycles. The number of para-hydroxylation sites is 2. The zero-order valence-corrected chi connectivity index (χ0v) is 14.9. The molecule has 1 saturated heterocycles. The molecule has 4 rings (SSSR count). The Morgan fingerprint density at radius 1 is 1.20 bits per heavy atom. The molecule has 0 bridgehead atoms. The van der Waals surface area contributed by atoms with E-state index in [2.05, 4.69) is 0 Å². The van der Waals surface area contributed by atoms with Crippen LogP contribution in [0.25, 0.3) is 0 Å². The lowest BCUT2D eigenvalue weighted by atomic mass is 9.79. The normalized spacial score (nSPS) is 28.2. The molecule has 0 spiro atoms. The Balaban J connectivity index is 1.43. The van der Waals surface area contributed by atoms with Gasteiger partial charge in [0.25, 0.3) is 0 Å². The zero-order chi connectivity index (χ0) is 17.4. The summed E-state index contributed by atoms with van der Waals surface area (Å²) < 4.78 is 35.6. The van der Waals surface area contributed by atoms with Crippen LogP contribution >= 0.6 is 0 Å². The monoisotopic (exact) mass is 365 g/mol. The van der Waals surface area contributed by atoms with E-state index < -0.39 is 9.84 Å². The highest BCUT2D eigenvalue weighted by molar-refractivity contribution is 7.91. The summed E-state index contributed by atoms with van der Waals surface area (Å²) >= 11 is 0. The summed E-state index contributed by atoms with van der Waals surface area (Å²) in [5.74, 6) is 1.81. The number of rotatable bonds is 3. The standard InChI is InChI=1S/C18H23NO5S/c20-18(10-14-11-23-16-6-1-2-7-17(16)24-14)19-8-9-25(21,22)12-15(19)13-4-3-5-13/h1-2,6-7,13-15H,3-5,8-12H2. The molecule has 1 aromatic rings. The lowest BCUT2D eigenvalue weighted by Gasteiger charge is -2.44. The smallest absolute Gasteiger partial charge is 0.226 e. The van der Waals surface area contributed by atoms with Crippen LogP contribution in [-0.4, -0.2) is 56.0 Å². The molecular formula is C18H23NO5S. The third-order valence-corrected chi connectivity index (χ3v) is 7.11. The Morgan fingerprint density at radius 2 is 1.96 bits per heavy atom. The number of fused-ring (bicyclic) bond motifs is 1. The highest BCUT2D eigenvalue weighted by Gasteiger charge is 2.41. The van der Waals surface area contributed by atoms with Gasteiger partial charge in [-0.05, 0) is 30.9 Å². The van der Waals surface area contributed by atoms with Gasteiger partial charge in [-0.2, -0.15) is 0 Å². The highest BCUT2D eigenvalue weighted by Crippen LogP contribution is 2.36. The van der Waals surface area contributed by atoms with E-state index in [0.29, 0.717) is 30.6 Å². The van der Waals surface area contributed by atoms with Crippen LogP contribution in [-0.2, 0) is 14.6 Å². The molecule has 0 radical (unpaired) electrons. The molecule has 25 heavy (non-hydrogen) atoms. The van der Waals surface area contributed by atoms with Gasteiger partial charge in [0.15, 0.2) is 21.3 Å². The van der Waals surface area contributed by atoms with E-state index in [1.807, 2.05) is 24.3 Å². The first-order chi connectivity index (χ1) is 12.0. The highest BCUT2D eigenvalue weighted by atomic mass is 32.2. The maximum atomic E-state index is 12.8. The number of hydrogen-bond donors (Lipinski definition) is 0. The van der Waals surface area contributed by atoms with E-state index in [4.69, 9.17) is 9.47 Å². The van der Waals surface area contributed by atoms with E-state index in [-0.39, 0.29) is 36.0 Å². The van der Waals surface area contributed by atoms with Gasteiger partial charge in [-0.25, -0.2) is 8.42 Å². The molecule has 7 heteroatoms. The van der Waals surface area contributed by atoms with Crippen molar-refractivity contribution < 1.29 is 22.7 Å². The summed E-state index contributed by atoms with van der Waals surface area (Å²) in [6, 6.07) is 7.25. The van der Waals surface area contributed by atoms with Gasteiger partial charge in [-0.3, -0.25) is 4.79 Å². The van der Waals surface area contributed by atoms with Crippen molar-refractivity contribution in [2.24, 2.45) is 5.92 Å². The van der Waals surface area contributed by atoms with Crippen molar-refractivity contribution in [2.45, 2.75) is 37.8 Å². The summed E-state index contributed by atoms with van der Waals surface area (Å²) in [5, 5.41) is 0. The largest absolute Gasteiger partial charge is 0.486 e. The average Bonchev–Trinajstić information content (AvgIpc) is 2.52. The molecule has 1 amide bonds. The first-order valence-electron chi connectivity index (χ1n) is 8.90. The van der Waals surface area contributed by atoms with Crippen LogP contribution in [0.5, 0.6) is 11.5 Å². The number of amides is 1. The van der Waals surface area contributed by atoms with Crippen LogP contribution in [0.15, 0.2) is 24.3 Å². The van der Waals surface area contributed by atoms with Gasteiger partial charge >= 0.3 is 0 Å². The van der Waals surface area contributed by atoms with Crippen molar-refractivity contribution in [2.75, 3.05) is 24.7 Å². The molecule has 1 saturated carbocycles. The third kappa shape index (κ3) is 3.47. The molecule has 2 atom stereocenters. The molecule has 2 heterocycles. The number of benzene rings is 1. The molecular weight excluding hydrogens is 342 g/mol. The van der Waals surface area contributed by atoms with E-state index >= 15 is 0 Å². The van der Waals surface area contributed by atoms with Gasteiger partial charge in [-0.1, -0.05) is 18.6 Å². The fourth-order valence-electron chi connectivity index (χ4n) is 3.84. The second-order valence-electron chi connectivity index (χ2n) is 7.16. The van der Waals surface area contributed by atoms with Gasteiger partial charge in [0.1, 0.15) is 12.7 Å². The number of ether oxygens (including phenoxy) is 2. The molecule has 0 N–H and O–H groups in total. The fraction of sp³-hybridized carbons (Fsp3) is 0.611. The molecule has 6 nitrogen and oxygen atoms in total. The van der Waals surface area contributed by atoms with Crippen LogP contribution < -0.4 is 9.47 Å². The Hall–Kier alpha value is -1.76. The van der Waals surface area contributed by atoms with Gasteiger partial charge in [0.2, 0.25) is 5.91 Å². The molecule has 0 aromatic heterocycles. The Bertz CT molecular complexity index is 758. The molecule has 1 aromatic carbocycles. The summed E-state index contributed by atoms with van der Waals surface area (Å²) in [5.41, 5.74) is 0. The van der Waals surface area contributed by atoms with Gasteiger partial charge in [-0.15, -0.1) is 0 Å². The van der Waals surface area contributed by atoms with Crippen LogP contribution in [0.1, 0.15) is 25.7 Å². The molecule has 136 valence electrons. The number of nitrogens with zero attached hydrogens (tertiary/aromatic N) is 1. The Morgan fingerprint density at radius 3 is 2.68 bits per heavy atom. The maximum absolute atomic E-state index is 12.8. The van der Waals surface area contributed by atoms with Gasteiger partial charge < -0.3 is 14.4 Å². The summed E-state index contributed by atoms with van der Waals surface area (Å²) in [4.78, 5) is 14.6.